The number of amides is 1. The fourth-order valence-corrected chi connectivity index (χ4v) is 1.70. The van der Waals surface area contributed by atoms with E-state index >= 15 is 0 Å². The second-order valence-corrected chi connectivity index (χ2v) is 3.86. The molecule has 5 nitrogen and oxygen atoms in total. The average molecular weight is 209 g/mol. The summed E-state index contributed by atoms with van der Waals surface area (Å²) in [5, 5.41) is 9.75. The zero-order valence-corrected chi connectivity index (χ0v) is 8.96. The number of aromatic amines is 1. The lowest BCUT2D eigenvalue weighted by molar-refractivity contribution is -0.119. The molecule has 2 heterocycles. The van der Waals surface area contributed by atoms with Crippen LogP contribution in [0.5, 0.6) is 0 Å². The van der Waals surface area contributed by atoms with Crippen LogP contribution in [0.4, 0.5) is 5.69 Å². The number of rotatable bonds is 2. The summed E-state index contributed by atoms with van der Waals surface area (Å²) >= 11 is 0. The van der Waals surface area contributed by atoms with Crippen LogP contribution in [0.1, 0.15) is 17.8 Å². The molecule has 0 saturated carbocycles. The van der Waals surface area contributed by atoms with Gasteiger partial charge in [-0.3, -0.25) is 9.89 Å². The highest BCUT2D eigenvalue weighted by Gasteiger charge is 2.24. The quantitative estimate of drug-likeness (QED) is 0.763. The van der Waals surface area contributed by atoms with E-state index in [0.717, 1.165) is 23.5 Å². The van der Waals surface area contributed by atoms with Crippen molar-refractivity contribution >= 4 is 11.6 Å². The molecule has 1 aliphatic heterocycles. The van der Waals surface area contributed by atoms with Crippen molar-refractivity contribution in [2.75, 3.05) is 18.5 Å². The molecule has 1 atom stereocenters. The fourth-order valence-electron chi connectivity index (χ4n) is 1.70. The monoisotopic (exact) mass is 209 g/mol. The van der Waals surface area contributed by atoms with E-state index in [0.29, 0.717) is 13.2 Å². The van der Waals surface area contributed by atoms with Gasteiger partial charge in [-0.25, -0.2) is 0 Å². The van der Waals surface area contributed by atoms with Crippen LogP contribution in [0, 0.1) is 19.8 Å². The van der Waals surface area contributed by atoms with Crippen molar-refractivity contribution in [3.8, 4) is 0 Å². The molecule has 2 N–H and O–H groups in total. The molecule has 2 rings (SSSR count). The third-order valence-electron chi connectivity index (χ3n) is 2.68. The third kappa shape index (κ3) is 2.02. The van der Waals surface area contributed by atoms with Crippen LogP contribution in [-0.2, 0) is 9.53 Å². The number of ether oxygens (including phenoxy) is 1. The fraction of sp³-hybridized carbons (Fsp3) is 0.600. The van der Waals surface area contributed by atoms with Crippen LogP contribution in [0.25, 0.3) is 0 Å². The van der Waals surface area contributed by atoms with Gasteiger partial charge in [0.1, 0.15) is 0 Å². The van der Waals surface area contributed by atoms with Gasteiger partial charge in [0.2, 0.25) is 5.91 Å². The number of nitrogens with one attached hydrogen (secondary N) is 2. The molecular weight excluding hydrogens is 194 g/mol. The number of carbonyl (C=O) groups excluding carboxylic acids is 1. The standard InChI is InChI=1S/C10H15N3O2/c1-6-9(7(2)13-12-6)11-10(14)8-3-4-15-5-8/h8H,3-5H2,1-2H3,(H,11,14)(H,12,13). The molecule has 5 heteroatoms. The molecule has 0 aromatic carbocycles. The second kappa shape index (κ2) is 4.02. The summed E-state index contributed by atoms with van der Waals surface area (Å²) < 4.78 is 5.17. The van der Waals surface area contributed by atoms with Gasteiger partial charge in [-0.05, 0) is 20.3 Å². The minimum atomic E-state index is -0.0151. The van der Waals surface area contributed by atoms with Gasteiger partial charge in [-0.2, -0.15) is 5.10 Å². The van der Waals surface area contributed by atoms with Gasteiger partial charge >= 0.3 is 0 Å². The van der Waals surface area contributed by atoms with Crippen molar-refractivity contribution in [1.29, 1.82) is 0 Å². The Balaban J connectivity index is 2.05. The smallest absolute Gasteiger partial charge is 0.230 e. The summed E-state index contributed by atoms with van der Waals surface area (Å²) in [4.78, 5) is 11.8. The predicted octanol–water partition coefficient (Wildman–Crippen LogP) is 1.00. The van der Waals surface area contributed by atoms with E-state index < -0.39 is 0 Å². The SMILES string of the molecule is Cc1n[nH]c(C)c1NC(=O)C1CCOC1. The van der Waals surface area contributed by atoms with E-state index in [1.54, 1.807) is 0 Å². The lowest BCUT2D eigenvalue weighted by atomic mass is 10.1. The van der Waals surface area contributed by atoms with E-state index in [4.69, 9.17) is 4.74 Å². The Labute approximate surface area is 88.2 Å². The van der Waals surface area contributed by atoms with Crippen molar-refractivity contribution in [3.63, 3.8) is 0 Å². The van der Waals surface area contributed by atoms with Gasteiger partial charge in [-0.1, -0.05) is 0 Å². The van der Waals surface area contributed by atoms with Crippen molar-refractivity contribution < 1.29 is 9.53 Å². The van der Waals surface area contributed by atoms with Crippen molar-refractivity contribution in [2.24, 2.45) is 5.92 Å². The first-order valence-electron chi connectivity index (χ1n) is 5.08. The van der Waals surface area contributed by atoms with Gasteiger partial charge in [-0.15, -0.1) is 0 Å². The summed E-state index contributed by atoms with van der Waals surface area (Å²) in [6.45, 7) is 4.97. The van der Waals surface area contributed by atoms with E-state index in [-0.39, 0.29) is 11.8 Å². The number of aromatic nitrogens is 2. The Morgan fingerprint density at radius 2 is 2.40 bits per heavy atom. The largest absolute Gasteiger partial charge is 0.381 e. The summed E-state index contributed by atoms with van der Waals surface area (Å²) in [5.74, 6) is 0.0128. The summed E-state index contributed by atoms with van der Waals surface area (Å²) in [7, 11) is 0. The molecule has 1 fully saturated rings. The average Bonchev–Trinajstić information content (AvgIpc) is 2.82. The number of hydrogen-bond acceptors (Lipinski definition) is 3. The van der Waals surface area contributed by atoms with Gasteiger partial charge in [0.15, 0.2) is 0 Å². The van der Waals surface area contributed by atoms with Crippen molar-refractivity contribution in [3.05, 3.63) is 11.4 Å². The minimum absolute atomic E-state index is 0.0151. The molecule has 15 heavy (non-hydrogen) atoms. The van der Waals surface area contributed by atoms with Crippen LogP contribution in [0.15, 0.2) is 0 Å². The number of H-pyrrole nitrogens is 1. The molecule has 1 aliphatic rings. The zero-order valence-electron chi connectivity index (χ0n) is 8.96. The van der Waals surface area contributed by atoms with Crippen molar-refractivity contribution in [1.82, 2.24) is 10.2 Å². The van der Waals surface area contributed by atoms with E-state index in [2.05, 4.69) is 15.5 Å². The molecule has 0 aliphatic carbocycles. The number of nitrogens with zero attached hydrogens (tertiary/aromatic N) is 1. The normalized spacial score (nSPS) is 20.5. The second-order valence-electron chi connectivity index (χ2n) is 3.86. The van der Waals surface area contributed by atoms with Crippen LogP contribution in [0.3, 0.4) is 0 Å². The van der Waals surface area contributed by atoms with Gasteiger partial charge in [0.05, 0.1) is 29.6 Å². The lowest BCUT2D eigenvalue weighted by Crippen LogP contribution is -2.23. The molecule has 1 aromatic heterocycles. The molecule has 1 saturated heterocycles. The van der Waals surface area contributed by atoms with Crippen molar-refractivity contribution in [2.45, 2.75) is 20.3 Å². The van der Waals surface area contributed by atoms with E-state index in [1.165, 1.54) is 0 Å². The maximum Gasteiger partial charge on any atom is 0.230 e. The highest BCUT2D eigenvalue weighted by Crippen LogP contribution is 2.19. The van der Waals surface area contributed by atoms with Crippen LogP contribution in [0.2, 0.25) is 0 Å². The van der Waals surface area contributed by atoms with E-state index in [1.807, 2.05) is 13.8 Å². The maximum atomic E-state index is 11.8. The topological polar surface area (TPSA) is 67.0 Å². The molecule has 0 radical (unpaired) electrons. The Bertz CT molecular complexity index is 347. The summed E-state index contributed by atoms with van der Waals surface area (Å²) in [5.41, 5.74) is 2.51. The maximum absolute atomic E-state index is 11.8. The molecule has 1 aromatic rings. The third-order valence-corrected chi connectivity index (χ3v) is 2.68. The van der Waals surface area contributed by atoms with Gasteiger partial charge in [0.25, 0.3) is 0 Å². The summed E-state index contributed by atoms with van der Waals surface area (Å²) in [6, 6.07) is 0. The Morgan fingerprint density at radius 3 is 2.93 bits per heavy atom. The predicted molar refractivity (Wildman–Crippen MR) is 55.6 cm³/mol. The Hall–Kier alpha value is -1.36. The van der Waals surface area contributed by atoms with Gasteiger partial charge in [0, 0.05) is 6.61 Å². The molecule has 0 bridgehead atoms. The molecule has 1 unspecified atom stereocenters. The first-order chi connectivity index (χ1) is 7.18. The van der Waals surface area contributed by atoms with Crippen LogP contribution >= 0.6 is 0 Å². The van der Waals surface area contributed by atoms with Crippen LogP contribution < -0.4 is 5.32 Å². The molecule has 1 amide bonds. The number of hydrogen-bond donors (Lipinski definition) is 2. The number of anilines is 1. The first-order valence-corrected chi connectivity index (χ1v) is 5.08. The number of aryl methyl sites for hydroxylation is 2. The van der Waals surface area contributed by atoms with E-state index in [9.17, 15) is 4.79 Å². The minimum Gasteiger partial charge on any atom is -0.381 e. The first kappa shape index (κ1) is 10.2. The number of carbonyl (C=O) groups is 1. The van der Waals surface area contributed by atoms with Crippen LogP contribution in [-0.4, -0.2) is 29.3 Å². The highest BCUT2D eigenvalue weighted by atomic mass is 16.5. The Kier molecular flexibility index (Phi) is 2.73. The zero-order chi connectivity index (χ0) is 10.8. The molecule has 0 spiro atoms. The lowest BCUT2D eigenvalue weighted by Gasteiger charge is -2.08. The summed E-state index contributed by atoms with van der Waals surface area (Å²) in [6.07, 6.45) is 0.807. The highest BCUT2D eigenvalue weighted by molar-refractivity contribution is 5.93. The molecular formula is C10H15N3O2. The molecule has 82 valence electrons. The van der Waals surface area contributed by atoms with Gasteiger partial charge < -0.3 is 10.1 Å². The Morgan fingerprint density at radius 1 is 1.60 bits per heavy atom.